The minimum Gasteiger partial charge on any atom is -0.352 e. The van der Waals surface area contributed by atoms with Crippen LogP contribution in [0.3, 0.4) is 0 Å². The molecule has 0 radical (unpaired) electrons. The van der Waals surface area contributed by atoms with Gasteiger partial charge in [-0.3, -0.25) is 5.41 Å². The fourth-order valence-electron chi connectivity index (χ4n) is 2.48. The van der Waals surface area contributed by atoms with Crippen molar-refractivity contribution in [3.05, 3.63) is 70.2 Å². The van der Waals surface area contributed by atoms with Crippen molar-refractivity contribution in [2.45, 2.75) is 13.0 Å². The van der Waals surface area contributed by atoms with Crippen molar-refractivity contribution in [1.29, 1.82) is 5.41 Å². The van der Waals surface area contributed by atoms with Gasteiger partial charge in [-0.25, -0.2) is 0 Å². The molecule has 1 aliphatic heterocycles. The van der Waals surface area contributed by atoms with Gasteiger partial charge in [-0.05, 0) is 41.8 Å². The number of fused-ring (bicyclic) bond motifs is 1. The summed E-state index contributed by atoms with van der Waals surface area (Å²) in [5.74, 6) is 0.575. The van der Waals surface area contributed by atoms with Gasteiger partial charge in [0.25, 0.3) is 0 Å². The van der Waals surface area contributed by atoms with E-state index in [4.69, 9.17) is 17.0 Å². The van der Waals surface area contributed by atoms with Crippen LogP contribution in [0.5, 0.6) is 0 Å². The summed E-state index contributed by atoms with van der Waals surface area (Å²) < 4.78 is 0. The summed E-state index contributed by atoms with van der Waals surface area (Å²) in [6.45, 7) is 1.72. The summed E-state index contributed by atoms with van der Waals surface area (Å²) in [5.41, 5.74) is 3.65. The number of benzene rings is 2. The second-order valence-electron chi connectivity index (χ2n) is 4.80. The molecule has 0 amide bonds. The molecule has 0 unspecified atom stereocenters. The molecular formula is C16H15ClN2. The monoisotopic (exact) mass is 270 g/mol. The van der Waals surface area contributed by atoms with Crippen LogP contribution in [0.4, 0.5) is 0 Å². The van der Waals surface area contributed by atoms with E-state index >= 15 is 0 Å². The number of halogens is 1. The first-order chi connectivity index (χ1) is 9.24. The Morgan fingerprint density at radius 1 is 1.00 bits per heavy atom. The van der Waals surface area contributed by atoms with E-state index in [1.165, 1.54) is 11.1 Å². The molecule has 0 fully saturated rings. The number of amidine groups is 1. The number of rotatable bonds is 1. The van der Waals surface area contributed by atoms with Crippen molar-refractivity contribution in [2.75, 3.05) is 6.54 Å². The van der Waals surface area contributed by atoms with Crippen molar-refractivity contribution in [3.8, 4) is 0 Å². The molecule has 0 spiro atoms. The highest BCUT2D eigenvalue weighted by molar-refractivity contribution is 6.30. The zero-order valence-electron chi connectivity index (χ0n) is 10.6. The molecule has 1 aliphatic rings. The number of nitrogens with one attached hydrogen (secondary N) is 1. The second kappa shape index (κ2) is 5.06. The molecule has 19 heavy (non-hydrogen) atoms. The van der Waals surface area contributed by atoms with E-state index in [1.54, 1.807) is 0 Å². The van der Waals surface area contributed by atoms with Crippen LogP contribution in [0.1, 0.15) is 16.7 Å². The zero-order chi connectivity index (χ0) is 13.2. The fraction of sp³-hybridized carbons (Fsp3) is 0.188. The first-order valence-electron chi connectivity index (χ1n) is 6.40. The largest absolute Gasteiger partial charge is 0.352 e. The molecular weight excluding hydrogens is 256 g/mol. The first kappa shape index (κ1) is 12.2. The highest BCUT2D eigenvalue weighted by atomic mass is 35.5. The van der Waals surface area contributed by atoms with Crippen LogP contribution >= 0.6 is 11.6 Å². The van der Waals surface area contributed by atoms with Crippen LogP contribution in [0.15, 0.2) is 48.5 Å². The third-order valence-corrected chi connectivity index (χ3v) is 3.82. The minimum absolute atomic E-state index is 0.575. The van der Waals surface area contributed by atoms with Crippen molar-refractivity contribution in [2.24, 2.45) is 0 Å². The number of hydrogen-bond acceptors (Lipinski definition) is 1. The van der Waals surface area contributed by atoms with E-state index in [9.17, 15) is 0 Å². The Kier molecular flexibility index (Phi) is 3.26. The van der Waals surface area contributed by atoms with Gasteiger partial charge in [0.2, 0.25) is 0 Å². The number of hydrogen-bond donors (Lipinski definition) is 1. The second-order valence-corrected chi connectivity index (χ2v) is 5.23. The number of nitrogens with zero attached hydrogens (tertiary/aromatic N) is 1. The van der Waals surface area contributed by atoms with Gasteiger partial charge in [-0.2, -0.15) is 0 Å². The van der Waals surface area contributed by atoms with Gasteiger partial charge in [0, 0.05) is 23.7 Å². The fourth-order valence-corrected chi connectivity index (χ4v) is 2.60. The molecule has 1 N–H and O–H groups in total. The molecule has 0 saturated heterocycles. The molecule has 2 aromatic rings. The summed E-state index contributed by atoms with van der Waals surface area (Å²) >= 11 is 5.88. The van der Waals surface area contributed by atoms with Gasteiger partial charge in [0.15, 0.2) is 0 Å². The molecule has 96 valence electrons. The van der Waals surface area contributed by atoms with Gasteiger partial charge in [0.1, 0.15) is 5.84 Å². The van der Waals surface area contributed by atoms with E-state index in [0.29, 0.717) is 10.9 Å². The van der Waals surface area contributed by atoms with E-state index < -0.39 is 0 Å². The van der Waals surface area contributed by atoms with Crippen LogP contribution in [0, 0.1) is 5.41 Å². The maximum atomic E-state index is 8.32. The molecule has 0 aromatic heterocycles. The maximum absolute atomic E-state index is 8.32. The smallest absolute Gasteiger partial charge is 0.128 e. The van der Waals surface area contributed by atoms with Crippen LogP contribution in [-0.4, -0.2) is 17.3 Å². The summed E-state index contributed by atoms with van der Waals surface area (Å²) in [7, 11) is 0. The van der Waals surface area contributed by atoms with Crippen molar-refractivity contribution < 1.29 is 0 Å². The van der Waals surface area contributed by atoms with Gasteiger partial charge >= 0.3 is 0 Å². The van der Waals surface area contributed by atoms with Crippen LogP contribution in [-0.2, 0) is 13.0 Å². The first-order valence-corrected chi connectivity index (χ1v) is 6.78. The van der Waals surface area contributed by atoms with Crippen molar-refractivity contribution in [1.82, 2.24) is 4.90 Å². The molecule has 3 heteroatoms. The van der Waals surface area contributed by atoms with Crippen LogP contribution < -0.4 is 0 Å². The van der Waals surface area contributed by atoms with E-state index in [0.717, 1.165) is 25.1 Å². The summed E-state index contributed by atoms with van der Waals surface area (Å²) in [6, 6.07) is 16.0. The molecule has 2 nitrogen and oxygen atoms in total. The lowest BCUT2D eigenvalue weighted by molar-refractivity contribution is 0.392. The van der Waals surface area contributed by atoms with Gasteiger partial charge in [-0.15, -0.1) is 0 Å². The van der Waals surface area contributed by atoms with E-state index in [-0.39, 0.29) is 0 Å². The van der Waals surface area contributed by atoms with E-state index in [2.05, 4.69) is 29.2 Å². The van der Waals surface area contributed by atoms with Gasteiger partial charge < -0.3 is 4.90 Å². The Morgan fingerprint density at radius 2 is 1.68 bits per heavy atom. The average Bonchev–Trinajstić information content (AvgIpc) is 2.47. The lowest BCUT2D eigenvalue weighted by Gasteiger charge is -2.31. The average molecular weight is 271 g/mol. The quantitative estimate of drug-likeness (QED) is 0.620. The Bertz CT molecular complexity index is 604. The topological polar surface area (TPSA) is 27.1 Å². The summed E-state index contributed by atoms with van der Waals surface area (Å²) in [4.78, 5) is 2.12. The highest BCUT2D eigenvalue weighted by Crippen LogP contribution is 2.20. The molecule has 0 aliphatic carbocycles. The Hall–Kier alpha value is -1.80. The van der Waals surface area contributed by atoms with Gasteiger partial charge in [-0.1, -0.05) is 35.9 Å². The normalized spacial score (nSPS) is 14.1. The molecule has 0 bridgehead atoms. The predicted molar refractivity (Wildman–Crippen MR) is 78.8 cm³/mol. The molecule has 0 atom stereocenters. The third-order valence-electron chi connectivity index (χ3n) is 3.56. The SMILES string of the molecule is N=C(c1ccc(Cl)cc1)N1CCc2ccccc2C1. The van der Waals surface area contributed by atoms with Crippen molar-refractivity contribution >= 4 is 17.4 Å². The van der Waals surface area contributed by atoms with E-state index in [1.807, 2.05) is 24.3 Å². The zero-order valence-corrected chi connectivity index (χ0v) is 11.3. The lowest BCUT2D eigenvalue weighted by atomic mass is 9.99. The molecule has 2 aromatic carbocycles. The molecule has 3 rings (SSSR count). The minimum atomic E-state index is 0.575. The predicted octanol–water partition coefficient (Wildman–Crippen LogP) is 3.72. The Morgan fingerprint density at radius 3 is 2.42 bits per heavy atom. The lowest BCUT2D eigenvalue weighted by Crippen LogP contribution is -2.35. The highest BCUT2D eigenvalue weighted by Gasteiger charge is 2.18. The van der Waals surface area contributed by atoms with Gasteiger partial charge in [0.05, 0.1) is 0 Å². The van der Waals surface area contributed by atoms with Crippen molar-refractivity contribution in [3.63, 3.8) is 0 Å². The molecule has 1 heterocycles. The Balaban J connectivity index is 1.81. The maximum Gasteiger partial charge on any atom is 0.128 e. The van der Waals surface area contributed by atoms with Crippen LogP contribution in [0.2, 0.25) is 5.02 Å². The summed E-state index contributed by atoms with van der Waals surface area (Å²) in [6.07, 6.45) is 1.01. The standard InChI is InChI=1S/C16H15ClN2/c17-15-7-5-13(6-8-15)16(18)19-10-9-12-3-1-2-4-14(12)11-19/h1-8,18H,9-11H2. The van der Waals surface area contributed by atoms with Crippen LogP contribution in [0.25, 0.3) is 0 Å². The Labute approximate surface area is 118 Å². The third kappa shape index (κ3) is 2.49. The molecule has 0 saturated carbocycles. The summed E-state index contributed by atoms with van der Waals surface area (Å²) in [5, 5.41) is 9.03.